The summed E-state index contributed by atoms with van der Waals surface area (Å²) >= 11 is 5.95. The quantitative estimate of drug-likeness (QED) is 0.787. The zero-order valence-electron chi connectivity index (χ0n) is 7.33. The number of hydrogen-bond acceptors (Lipinski definition) is 1. The van der Waals surface area contributed by atoms with Crippen LogP contribution in [0.1, 0.15) is 17.0 Å². The molecule has 0 heterocycles. The van der Waals surface area contributed by atoms with E-state index >= 15 is 0 Å². The molecule has 1 atom stereocenters. The van der Waals surface area contributed by atoms with Crippen LogP contribution in [0.25, 0.3) is 6.08 Å². The van der Waals surface area contributed by atoms with Crippen molar-refractivity contribution in [2.45, 2.75) is 5.92 Å². The number of halogens is 1. The van der Waals surface area contributed by atoms with Crippen LogP contribution >= 0.6 is 11.6 Å². The lowest BCUT2D eigenvalue weighted by Crippen LogP contribution is -2.01. The standard InChI is InChI=1S/C11H12ClO/c1-3-9-10(8(2)7-13)5-4-6-11(9)12/h3-6,8,13H,1-2,7H2. The fourth-order valence-corrected chi connectivity index (χ4v) is 1.48. The van der Waals surface area contributed by atoms with E-state index < -0.39 is 0 Å². The van der Waals surface area contributed by atoms with Gasteiger partial charge >= 0.3 is 0 Å². The first-order chi connectivity index (χ1) is 6.20. The lowest BCUT2D eigenvalue weighted by Gasteiger charge is -2.12. The largest absolute Gasteiger partial charge is 0.396 e. The maximum absolute atomic E-state index is 8.96. The summed E-state index contributed by atoms with van der Waals surface area (Å²) in [7, 11) is 0. The van der Waals surface area contributed by atoms with Gasteiger partial charge in [-0.3, -0.25) is 0 Å². The van der Waals surface area contributed by atoms with Gasteiger partial charge in [-0.05, 0) is 24.1 Å². The molecule has 1 radical (unpaired) electrons. The highest BCUT2D eigenvalue weighted by Crippen LogP contribution is 2.26. The van der Waals surface area contributed by atoms with Crippen LogP contribution in [0.2, 0.25) is 5.02 Å². The Morgan fingerprint density at radius 3 is 2.77 bits per heavy atom. The van der Waals surface area contributed by atoms with Gasteiger partial charge in [0.2, 0.25) is 0 Å². The third-order valence-corrected chi connectivity index (χ3v) is 2.28. The zero-order valence-corrected chi connectivity index (χ0v) is 8.09. The summed E-state index contributed by atoms with van der Waals surface area (Å²) in [5.41, 5.74) is 1.79. The highest BCUT2D eigenvalue weighted by Gasteiger charge is 2.09. The molecule has 0 spiro atoms. The average molecular weight is 196 g/mol. The molecule has 0 saturated heterocycles. The number of aliphatic hydroxyl groups is 1. The molecule has 0 aromatic heterocycles. The molecule has 0 bridgehead atoms. The van der Waals surface area contributed by atoms with Crippen LogP contribution in [0.5, 0.6) is 0 Å². The van der Waals surface area contributed by atoms with Gasteiger partial charge in [0, 0.05) is 17.5 Å². The van der Waals surface area contributed by atoms with E-state index in [0.29, 0.717) is 5.02 Å². The monoisotopic (exact) mass is 195 g/mol. The van der Waals surface area contributed by atoms with Crippen LogP contribution in [0.15, 0.2) is 24.8 Å². The fourth-order valence-electron chi connectivity index (χ4n) is 1.22. The molecule has 0 amide bonds. The highest BCUT2D eigenvalue weighted by molar-refractivity contribution is 6.32. The Hall–Kier alpha value is -0.790. The Morgan fingerprint density at radius 1 is 1.54 bits per heavy atom. The molecule has 1 aromatic rings. The molecule has 1 unspecified atom stereocenters. The van der Waals surface area contributed by atoms with E-state index in [0.717, 1.165) is 11.1 Å². The predicted octanol–water partition coefficient (Wildman–Crippen LogP) is 2.89. The molecule has 13 heavy (non-hydrogen) atoms. The van der Waals surface area contributed by atoms with Gasteiger partial charge in [0.05, 0.1) is 0 Å². The van der Waals surface area contributed by atoms with Crippen LogP contribution in [0.4, 0.5) is 0 Å². The van der Waals surface area contributed by atoms with Gasteiger partial charge in [-0.2, -0.15) is 0 Å². The van der Waals surface area contributed by atoms with Gasteiger partial charge in [-0.25, -0.2) is 0 Å². The summed E-state index contributed by atoms with van der Waals surface area (Å²) in [6.45, 7) is 7.51. The van der Waals surface area contributed by atoms with E-state index in [1.807, 2.05) is 12.1 Å². The SMILES string of the molecule is [CH2]C(CO)c1cccc(Cl)c1C=C. The smallest absolute Gasteiger partial charge is 0.0499 e. The van der Waals surface area contributed by atoms with Crippen molar-refractivity contribution in [1.82, 2.24) is 0 Å². The third-order valence-electron chi connectivity index (χ3n) is 1.95. The normalized spacial score (nSPS) is 12.5. The average Bonchev–Trinajstić information content (AvgIpc) is 2.16. The molecule has 1 N–H and O–H groups in total. The van der Waals surface area contributed by atoms with Crippen molar-refractivity contribution in [1.29, 1.82) is 0 Å². The fraction of sp³-hybridized carbons (Fsp3) is 0.182. The van der Waals surface area contributed by atoms with E-state index in [4.69, 9.17) is 16.7 Å². The molecular formula is C11H12ClO. The highest BCUT2D eigenvalue weighted by atomic mass is 35.5. The second-order valence-corrected chi connectivity index (χ2v) is 3.23. The van der Waals surface area contributed by atoms with Crippen molar-refractivity contribution in [3.05, 3.63) is 47.9 Å². The van der Waals surface area contributed by atoms with E-state index in [1.165, 1.54) is 0 Å². The lowest BCUT2D eigenvalue weighted by molar-refractivity contribution is 0.282. The van der Waals surface area contributed by atoms with Crippen molar-refractivity contribution in [2.75, 3.05) is 6.61 Å². The molecule has 0 aliphatic rings. The van der Waals surface area contributed by atoms with Gasteiger partial charge < -0.3 is 5.11 Å². The van der Waals surface area contributed by atoms with Crippen molar-refractivity contribution >= 4 is 17.7 Å². The summed E-state index contributed by atoms with van der Waals surface area (Å²) < 4.78 is 0. The zero-order chi connectivity index (χ0) is 9.84. The maximum atomic E-state index is 8.96. The third kappa shape index (κ3) is 2.11. The Morgan fingerprint density at radius 2 is 2.23 bits per heavy atom. The minimum absolute atomic E-state index is 0.0151. The second kappa shape index (κ2) is 4.45. The first-order valence-corrected chi connectivity index (χ1v) is 4.43. The summed E-state index contributed by atoms with van der Waals surface area (Å²) in [4.78, 5) is 0. The molecule has 1 rings (SSSR count). The summed E-state index contributed by atoms with van der Waals surface area (Å²) in [5, 5.41) is 9.61. The van der Waals surface area contributed by atoms with Crippen LogP contribution < -0.4 is 0 Å². The number of aliphatic hydroxyl groups excluding tert-OH is 1. The molecule has 1 nitrogen and oxygen atoms in total. The predicted molar refractivity (Wildman–Crippen MR) is 56.7 cm³/mol. The van der Waals surface area contributed by atoms with Crippen LogP contribution in [-0.4, -0.2) is 11.7 Å². The maximum Gasteiger partial charge on any atom is 0.0499 e. The van der Waals surface area contributed by atoms with E-state index in [-0.39, 0.29) is 12.5 Å². The van der Waals surface area contributed by atoms with Crippen molar-refractivity contribution in [3.8, 4) is 0 Å². The molecular weight excluding hydrogens is 184 g/mol. The molecule has 0 saturated carbocycles. The Bertz CT molecular complexity index is 307. The van der Waals surface area contributed by atoms with Gasteiger partial charge in [0.25, 0.3) is 0 Å². The Balaban J connectivity index is 3.19. The molecule has 1 aromatic carbocycles. The van der Waals surface area contributed by atoms with Gasteiger partial charge in [-0.1, -0.05) is 36.4 Å². The molecule has 2 heteroatoms. The van der Waals surface area contributed by atoms with Crippen molar-refractivity contribution in [2.24, 2.45) is 0 Å². The first kappa shape index (κ1) is 10.3. The van der Waals surface area contributed by atoms with Gasteiger partial charge in [0.1, 0.15) is 0 Å². The summed E-state index contributed by atoms with van der Waals surface area (Å²) in [5.74, 6) is -0.147. The van der Waals surface area contributed by atoms with Crippen LogP contribution in [0.3, 0.4) is 0 Å². The summed E-state index contributed by atoms with van der Waals surface area (Å²) in [6, 6.07) is 5.54. The first-order valence-electron chi connectivity index (χ1n) is 4.05. The van der Waals surface area contributed by atoms with Crippen molar-refractivity contribution in [3.63, 3.8) is 0 Å². The Labute approximate surface area is 83.7 Å². The van der Waals surface area contributed by atoms with Gasteiger partial charge in [-0.15, -0.1) is 0 Å². The van der Waals surface area contributed by atoms with Crippen LogP contribution in [0, 0.1) is 6.92 Å². The van der Waals surface area contributed by atoms with Crippen molar-refractivity contribution < 1.29 is 5.11 Å². The molecule has 69 valence electrons. The summed E-state index contributed by atoms with van der Waals surface area (Å²) in [6.07, 6.45) is 1.69. The Kier molecular flexibility index (Phi) is 3.52. The molecule has 0 aliphatic carbocycles. The minimum Gasteiger partial charge on any atom is -0.396 e. The topological polar surface area (TPSA) is 20.2 Å². The molecule has 0 aliphatic heterocycles. The minimum atomic E-state index is -0.147. The van der Waals surface area contributed by atoms with E-state index in [9.17, 15) is 0 Å². The van der Waals surface area contributed by atoms with Gasteiger partial charge in [0.15, 0.2) is 0 Å². The second-order valence-electron chi connectivity index (χ2n) is 2.83. The lowest BCUT2D eigenvalue weighted by atomic mass is 9.96. The van der Waals surface area contributed by atoms with Crippen LogP contribution in [-0.2, 0) is 0 Å². The number of hydrogen-bond donors (Lipinski definition) is 1. The van der Waals surface area contributed by atoms with E-state index in [1.54, 1.807) is 12.1 Å². The molecule has 0 fully saturated rings. The van der Waals surface area contributed by atoms with E-state index in [2.05, 4.69) is 13.5 Å². The number of benzene rings is 1. The number of rotatable bonds is 3.